The molecule has 1 saturated carbocycles. The van der Waals surface area contributed by atoms with Gasteiger partial charge in [-0.2, -0.15) is 0 Å². The van der Waals surface area contributed by atoms with Gasteiger partial charge in [-0.25, -0.2) is 14.9 Å². The van der Waals surface area contributed by atoms with Gasteiger partial charge in [0.1, 0.15) is 6.10 Å². The Hall–Kier alpha value is -1.26. The summed E-state index contributed by atoms with van der Waals surface area (Å²) in [5, 5.41) is 1.89. The number of hydrogen-bond donors (Lipinski definition) is 2. The Morgan fingerprint density at radius 1 is 1.36 bits per heavy atom. The Morgan fingerprint density at radius 2 is 2.00 bits per heavy atom. The normalized spacial score (nSPS) is 26.6. The highest BCUT2D eigenvalue weighted by Gasteiger charge is 2.24. The van der Waals surface area contributed by atoms with Gasteiger partial charge in [-0.05, 0) is 25.2 Å². The van der Waals surface area contributed by atoms with Crippen LogP contribution in [0.1, 0.15) is 32.6 Å². The molecule has 1 rings (SSSR count). The van der Waals surface area contributed by atoms with Crippen molar-refractivity contribution in [3.05, 3.63) is 0 Å². The summed E-state index contributed by atoms with van der Waals surface area (Å²) >= 11 is 0. The molecule has 1 aliphatic rings. The molecule has 2 atom stereocenters. The highest BCUT2D eigenvalue weighted by molar-refractivity contribution is 5.89. The first-order valence-electron chi connectivity index (χ1n) is 4.86. The van der Waals surface area contributed by atoms with E-state index in [0.29, 0.717) is 5.92 Å². The largest absolute Gasteiger partial charge is 0.446 e. The fraction of sp³-hybridized carbons (Fsp3) is 0.778. The Balaban J connectivity index is 2.34. The van der Waals surface area contributed by atoms with Crippen molar-refractivity contribution in [2.45, 2.75) is 38.7 Å². The van der Waals surface area contributed by atoms with Gasteiger partial charge in [0.25, 0.3) is 0 Å². The lowest BCUT2D eigenvalue weighted by molar-refractivity contribution is 0.0454. The van der Waals surface area contributed by atoms with Gasteiger partial charge in [-0.3, -0.25) is 0 Å². The molecule has 0 spiro atoms. The molecule has 3 amide bonds. The maximum absolute atomic E-state index is 11.0. The molecule has 0 aliphatic heterocycles. The van der Waals surface area contributed by atoms with Crippen LogP contribution in [-0.4, -0.2) is 18.2 Å². The quantitative estimate of drug-likeness (QED) is 0.670. The summed E-state index contributed by atoms with van der Waals surface area (Å²) in [7, 11) is 0. The van der Waals surface area contributed by atoms with Crippen LogP contribution in [0.5, 0.6) is 0 Å². The summed E-state index contributed by atoms with van der Waals surface area (Å²) in [5.74, 6) is 0.363. The molecule has 1 aliphatic carbocycles. The number of amides is 3. The average Bonchev–Trinajstić information content (AvgIpc) is 2.07. The van der Waals surface area contributed by atoms with Crippen LogP contribution in [0.3, 0.4) is 0 Å². The Bertz CT molecular complexity index is 230. The molecule has 1 fully saturated rings. The van der Waals surface area contributed by atoms with E-state index in [1.165, 1.54) is 6.42 Å². The number of imide groups is 1. The van der Waals surface area contributed by atoms with E-state index < -0.39 is 12.1 Å². The summed E-state index contributed by atoms with van der Waals surface area (Å²) in [4.78, 5) is 21.4. The third kappa shape index (κ3) is 3.24. The lowest BCUT2D eigenvalue weighted by Gasteiger charge is -2.27. The van der Waals surface area contributed by atoms with Crippen LogP contribution < -0.4 is 11.1 Å². The molecule has 0 heterocycles. The van der Waals surface area contributed by atoms with E-state index in [1.807, 2.05) is 12.2 Å². The second-order valence-electron chi connectivity index (χ2n) is 3.69. The first-order valence-corrected chi connectivity index (χ1v) is 4.86. The Morgan fingerprint density at radius 3 is 2.57 bits per heavy atom. The number of urea groups is 1. The zero-order valence-electron chi connectivity index (χ0n) is 8.29. The van der Waals surface area contributed by atoms with E-state index in [9.17, 15) is 9.59 Å². The van der Waals surface area contributed by atoms with E-state index >= 15 is 0 Å². The van der Waals surface area contributed by atoms with Gasteiger partial charge in [0.2, 0.25) is 0 Å². The molecule has 0 aromatic carbocycles. The van der Waals surface area contributed by atoms with Crippen molar-refractivity contribution in [2.24, 2.45) is 11.7 Å². The maximum atomic E-state index is 11.0. The Kier molecular flexibility index (Phi) is 3.73. The standard InChI is InChI=1S/C9H16N2O3/c1-6-4-2-3-5-7(6)14-9(13)11-8(10)12/h6-7H,2-5H2,1H3,(H3,10,11,12,13). The van der Waals surface area contributed by atoms with Crippen LogP contribution in [0.4, 0.5) is 9.59 Å². The number of hydrogen-bond acceptors (Lipinski definition) is 3. The van der Waals surface area contributed by atoms with Gasteiger partial charge < -0.3 is 10.5 Å². The number of rotatable bonds is 1. The Labute approximate surface area is 83.0 Å². The van der Waals surface area contributed by atoms with E-state index in [4.69, 9.17) is 10.5 Å². The van der Waals surface area contributed by atoms with Crippen LogP contribution in [0.15, 0.2) is 0 Å². The predicted octanol–water partition coefficient (Wildman–Crippen LogP) is 1.37. The number of alkyl carbamates (subject to hydrolysis) is 1. The van der Waals surface area contributed by atoms with Crippen LogP contribution in [0.25, 0.3) is 0 Å². The molecular weight excluding hydrogens is 184 g/mol. The molecule has 2 unspecified atom stereocenters. The lowest BCUT2D eigenvalue weighted by atomic mass is 9.88. The van der Waals surface area contributed by atoms with Crippen molar-refractivity contribution < 1.29 is 14.3 Å². The fourth-order valence-corrected chi connectivity index (χ4v) is 1.72. The molecule has 5 heteroatoms. The van der Waals surface area contributed by atoms with E-state index in [2.05, 4.69) is 0 Å². The molecule has 80 valence electrons. The van der Waals surface area contributed by atoms with Gasteiger partial charge in [0.05, 0.1) is 0 Å². The second-order valence-corrected chi connectivity index (χ2v) is 3.69. The van der Waals surface area contributed by atoms with Gasteiger partial charge in [-0.1, -0.05) is 13.3 Å². The molecular formula is C9H16N2O3. The van der Waals surface area contributed by atoms with E-state index in [-0.39, 0.29) is 6.10 Å². The molecule has 14 heavy (non-hydrogen) atoms. The third-order valence-electron chi connectivity index (χ3n) is 2.52. The molecule has 0 saturated heterocycles. The molecule has 0 radical (unpaired) electrons. The van der Waals surface area contributed by atoms with E-state index in [1.54, 1.807) is 0 Å². The first kappa shape index (κ1) is 10.8. The summed E-state index contributed by atoms with van der Waals surface area (Å²) in [6, 6.07) is -0.876. The summed E-state index contributed by atoms with van der Waals surface area (Å²) < 4.78 is 5.06. The van der Waals surface area contributed by atoms with Crippen LogP contribution in [0, 0.1) is 5.92 Å². The summed E-state index contributed by atoms with van der Waals surface area (Å²) in [6.07, 6.45) is 3.36. The number of carbonyl (C=O) groups is 2. The van der Waals surface area contributed by atoms with Crippen LogP contribution >= 0.6 is 0 Å². The van der Waals surface area contributed by atoms with Crippen molar-refractivity contribution in [3.63, 3.8) is 0 Å². The monoisotopic (exact) mass is 200 g/mol. The van der Waals surface area contributed by atoms with Crippen molar-refractivity contribution in [1.29, 1.82) is 0 Å². The van der Waals surface area contributed by atoms with Crippen LogP contribution in [-0.2, 0) is 4.74 Å². The van der Waals surface area contributed by atoms with Crippen molar-refractivity contribution >= 4 is 12.1 Å². The highest BCUT2D eigenvalue weighted by Crippen LogP contribution is 2.26. The van der Waals surface area contributed by atoms with Crippen molar-refractivity contribution in [1.82, 2.24) is 5.32 Å². The SMILES string of the molecule is CC1CCCCC1OC(=O)NC(N)=O. The van der Waals surface area contributed by atoms with Crippen molar-refractivity contribution in [2.75, 3.05) is 0 Å². The van der Waals surface area contributed by atoms with Crippen molar-refractivity contribution in [3.8, 4) is 0 Å². The zero-order chi connectivity index (χ0) is 10.6. The molecule has 0 aromatic heterocycles. The lowest BCUT2D eigenvalue weighted by Crippen LogP contribution is -2.39. The number of carbonyl (C=O) groups excluding carboxylic acids is 2. The molecule has 0 bridgehead atoms. The topological polar surface area (TPSA) is 81.4 Å². The fourth-order valence-electron chi connectivity index (χ4n) is 1.72. The van der Waals surface area contributed by atoms with Gasteiger partial charge >= 0.3 is 12.1 Å². The summed E-state index contributed by atoms with van der Waals surface area (Å²) in [5.41, 5.74) is 4.78. The minimum absolute atomic E-state index is 0.0805. The van der Waals surface area contributed by atoms with Gasteiger partial charge in [0, 0.05) is 0 Å². The first-order chi connectivity index (χ1) is 6.59. The summed E-state index contributed by atoms with van der Waals surface area (Å²) in [6.45, 7) is 2.04. The minimum Gasteiger partial charge on any atom is -0.446 e. The van der Waals surface area contributed by atoms with Gasteiger partial charge in [0.15, 0.2) is 0 Å². The number of ether oxygens (including phenoxy) is 1. The molecule has 3 N–H and O–H groups in total. The number of primary amides is 1. The number of nitrogens with one attached hydrogen (secondary N) is 1. The highest BCUT2D eigenvalue weighted by atomic mass is 16.6. The predicted molar refractivity (Wildman–Crippen MR) is 50.6 cm³/mol. The van der Waals surface area contributed by atoms with Gasteiger partial charge in [-0.15, -0.1) is 0 Å². The van der Waals surface area contributed by atoms with E-state index in [0.717, 1.165) is 19.3 Å². The minimum atomic E-state index is -0.876. The maximum Gasteiger partial charge on any atom is 0.415 e. The molecule has 5 nitrogen and oxygen atoms in total. The average molecular weight is 200 g/mol. The smallest absolute Gasteiger partial charge is 0.415 e. The second kappa shape index (κ2) is 4.83. The van der Waals surface area contributed by atoms with Crippen LogP contribution in [0.2, 0.25) is 0 Å². The number of nitrogens with two attached hydrogens (primary N) is 1. The third-order valence-corrected chi connectivity index (χ3v) is 2.52. The zero-order valence-corrected chi connectivity index (χ0v) is 8.29. The molecule has 0 aromatic rings.